The van der Waals surface area contributed by atoms with Crippen molar-refractivity contribution in [1.29, 1.82) is 0 Å². The quantitative estimate of drug-likeness (QED) is 0.590. The third-order valence-corrected chi connectivity index (χ3v) is 3.46. The first kappa shape index (κ1) is 14.9. The van der Waals surface area contributed by atoms with Crippen molar-refractivity contribution in [3.8, 4) is 0 Å². The van der Waals surface area contributed by atoms with Crippen molar-refractivity contribution in [3.05, 3.63) is 28.2 Å². The summed E-state index contributed by atoms with van der Waals surface area (Å²) in [4.78, 5) is 25.0. The van der Waals surface area contributed by atoms with E-state index < -0.39 is 23.4 Å². The van der Waals surface area contributed by atoms with Crippen LogP contribution in [0, 0.1) is 11.6 Å². The van der Waals surface area contributed by atoms with E-state index in [4.69, 9.17) is 0 Å². The van der Waals surface area contributed by atoms with Crippen LogP contribution in [0.4, 0.5) is 14.5 Å². The molecule has 0 aliphatic carbocycles. The average Bonchev–Trinajstić information content (AvgIpc) is 2.44. The van der Waals surface area contributed by atoms with Crippen LogP contribution in [0.3, 0.4) is 0 Å². The Kier molecular flexibility index (Phi) is 4.66. The number of halogens is 3. The molecule has 0 unspecified atom stereocenters. The molecule has 108 valence electrons. The summed E-state index contributed by atoms with van der Waals surface area (Å²) in [7, 11) is 0. The van der Waals surface area contributed by atoms with E-state index in [0.29, 0.717) is 32.2 Å². The van der Waals surface area contributed by atoms with Crippen molar-refractivity contribution in [2.24, 2.45) is 0 Å². The zero-order valence-corrected chi connectivity index (χ0v) is 12.0. The second-order valence-electron chi connectivity index (χ2n) is 4.24. The second-order valence-corrected chi connectivity index (χ2v) is 5.10. The van der Waals surface area contributed by atoms with Crippen molar-refractivity contribution in [3.63, 3.8) is 0 Å². The zero-order chi connectivity index (χ0) is 14.7. The Morgan fingerprint density at radius 3 is 2.50 bits per heavy atom. The number of amides is 2. The number of anilines is 1. The number of carbonyl (C=O) groups is 2. The number of nitrogens with one attached hydrogen (secondary N) is 2. The highest BCUT2D eigenvalue weighted by Crippen LogP contribution is 2.23. The number of benzene rings is 1. The van der Waals surface area contributed by atoms with Crippen LogP contribution in [0.15, 0.2) is 16.6 Å². The summed E-state index contributed by atoms with van der Waals surface area (Å²) in [5.41, 5.74) is -0.244. The Labute approximate surface area is 122 Å². The van der Waals surface area contributed by atoms with Crippen LogP contribution in [0.2, 0.25) is 0 Å². The Bertz CT molecular complexity index is 548. The summed E-state index contributed by atoms with van der Waals surface area (Å²) in [6.45, 7) is 2.05. The summed E-state index contributed by atoms with van der Waals surface area (Å²) in [5.74, 6) is -3.39. The molecular formula is C12H12BrF2N3O2. The van der Waals surface area contributed by atoms with Gasteiger partial charge in [0.2, 0.25) is 0 Å². The van der Waals surface area contributed by atoms with Crippen molar-refractivity contribution >= 4 is 33.4 Å². The normalized spacial score (nSPS) is 15.1. The van der Waals surface area contributed by atoms with E-state index in [0.717, 1.165) is 6.07 Å². The second kappa shape index (κ2) is 6.27. The standard InChI is InChI=1S/C12H12BrF2N3O2/c13-7-5-10(9(15)6-8(7)14)17-11(19)12(20)18-3-1-16-2-4-18/h5-6,16H,1-4H2,(H,17,19). The minimum Gasteiger partial charge on any atom is -0.332 e. The molecule has 8 heteroatoms. The van der Waals surface area contributed by atoms with Crippen molar-refractivity contribution in [2.75, 3.05) is 31.5 Å². The van der Waals surface area contributed by atoms with Gasteiger partial charge in [0.05, 0.1) is 10.2 Å². The van der Waals surface area contributed by atoms with Crippen molar-refractivity contribution in [2.45, 2.75) is 0 Å². The summed E-state index contributed by atoms with van der Waals surface area (Å²) < 4.78 is 26.6. The summed E-state index contributed by atoms with van der Waals surface area (Å²) in [6, 6.07) is 1.71. The third-order valence-electron chi connectivity index (χ3n) is 2.86. The largest absolute Gasteiger partial charge is 0.332 e. The molecule has 0 radical (unpaired) electrons. The van der Waals surface area contributed by atoms with Gasteiger partial charge < -0.3 is 15.5 Å². The molecule has 1 saturated heterocycles. The molecule has 0 aromatic heterocycles. The third kappa shape index (κ3) is 3.31. The fraction of sp³-hybridized carbons (Fsp3) is 0.333. The molecule has 2 amide bonds. The topological polar surface area (TPSA) is 61.4 Å². The van der Waals surface area contributed by atoms with Gasteiger partial charge >= 0.3 is 11.8 Å². The monoisotopic (exact) mass is 347 g/mol. The lowest BCUT2D eigenvalue weighted by Crippen LogP contribution is -2.49. The zero-order valence-electron chi connectivity index (χ0n) is 10.4. The van der Waals surface area contributed by atoms with Crippen molar-refractivity contribution in [1.82, 2.24) is 10.2 Å². The molecule has 2 N–H and O–H groups in total. The van der Waals surface area contributed by atoms with Gasteiger partial charge in [-0.2, -0.15) is 0 Å². The van der Waals surface area contributed by atoms with E-state index in [-0.39, 0.29) is 10.2 Å². The molecule has 0 atom stereocenters. The fourth-order valence-corrected chi connectivity index (χ4v) is 2.15. The highest BCUT2D eigenvalue weighted by atomic mass is 79.9. The van der Waals surface area contributed by atoms with Gasteiger partial charge in [-0.25, -0.2) is 8.78 Å². The number of nitrogens with zero attached hydrogens (tertiary/aromatic N) is 1. The molecule has 0 bridgehead atoms. The van der Waals surface area contributed by atoms with E-state index in [9.17, 15) is 18.4 Å². The highest BCUT2D eigenvalue weighted by molar-refractivity contribution is 9.10. The summed E-state index contributed by atoms with van der Waals surface area (Å²) in [5, 5.41) is 5.20. The molecule has 1 fully saturated rings. The lowest BCUT2D eigenvalue weighted by atomic mass is 10.3. The van der Waals surface area contributed by atoms with Crippen LogP contribution in [-0.4, -0.2) is 42.9 Å². The molecule has 1 aromatic carbocycles. The van der Waals surface area contributed by atoms with Gasteiger partial charge in [-0.05, 0) is 22.0 Å². The molecule has 2 rings (SSSR count). The van der Waals surface area contributed by atoms with Gasteiger partial charge in [0.15, 0.2) is 0 Å². The maximum atomic E-state index is 13.5. The minimum atomic E-state index is -0.940. The number of rotatable bonds is 1. The Hall–Kier alpha value is -1.54. The van der Waals surface area contributed by atoms with E-state index in [1.807, 2.05) is 0 Å². The molecule has 1 aliphatic rings. The first-order valence-corrected chi connectivity index (χ1v) is 6.74. The predicted molar refractivity (Wildman–Crippen MR) is 72.1 cm³/mol. The van der Waals surface area contributed by atoms with Crippen molar-refractivity contribution < 1.29 is 18.4 Å². The maximum Gasteiger partial charge on any atom is 0.313 e. The van der Waals surface area contributed by atoms with Crippen LogP contribution in [-0.2, 0) is 9.59 Å². The average molecular weight is 348 g/mol. The molecule has 1 heterocycles. The molecule has 1 aromatic rings. The van der Waals surface area contributed by atoms with Crippen LogP contribution in [0.25, 0.3) is 0 Å². The number of piperazine rings is 1. The first-order valence-electron chi connectivity index (χ1n) is 5.94. The predicted octanol–water partition coefficient (Wildman–Crippen LogP) is 1.10. The minimum absolute atomic E-state index is 0.00354. The number of carbonyl (C=O) groups excluding carboxylic acids is 2. The summed E-state index contributed by atoms with van der Waals surface area (Å²) in [6.07, 6.45) is 0. The smallest absolute Gasteiger partial charge is 0.313 e. The maximum absolute atomic E-state index is 13.5. The molecule has 0 saturated carbocycles. The number of hydrogen-bond acceptors (Lipinski definition) is 3. The van der Waals surface area contributed by atoms with E-state index in [1.165, 1.54) is 4.90 Å². The van der Waals surface area contributed by atoms with E-state index in [1.54, 1.807) is 0 Å². The molecule has 20 heavy (non-hydrogen) atoms. The van der Waals surface area contributed by atoms with Gasteiger partial charge in [-0.1, -0.05) is 0 Å². The lowest BCUT2D eigenvalue weighted by Gasteiger charge is -2.26. The molecule has 1 aliphatic heterocycles. The highest BCUT2D eigenvalue weighted by Gasteiger charge is 2.24. The van der Waals surface area contributed by atoms with Gasteiger partial charge in [-0.15, -0.1) is 0 Å². The lowest BCUT2D eigenvalue weighted by molar-refractivity contribution is -0.143. The van der Waals surface area contributed by atoms with Crippen LogP contribution in [0.5, 0.6) is 0 Å². The Balaban J connectivity index is 2.07. The summed E-state index contributed by atoms with van der Waals surface area (Å²) >= 11 is 2.89. The van der Waals surface area contributed by atoms with Gasteiger partial charge in [0, 0.05) is 32.2 Å². The van der Waals surface area contributed by atoms with Gasteiger partial charge in [-0.3, -0.25) is 9.59 Å². The fourth-order valence-electron chi connectivity index (χ4n) is 1.81. The number of hydrogen-bond donors (Lipinski definition) is 2. The van der Waals surface area contributed by atoms with E-state index in [2.05, 4.69) is 26.6 Å². The van der Waals surface area contributed by atoms with Crippen LogP contribution < -0.4 is 10.6 Å². The van der Waals surface area contributed by atoms with Crippen LogP contribution in [0.1, 0.15) is 0 Å². The Morgan fingerprint density at radius 1 is 1.20 bits per heavy atom. The molecular weight excluding hydrogens is 336 g/mol. The SMILES string of the molecule is O=C(Nc1cc(Br)c(F)cc1F)C(=O)N1CCNCC1. The van der Waals surface area contributed by atoms with Crippen LogP contribution >= 0.6 is 15.9 Å². The van der Waals surface area contributed by atoms with E-state index >= 15 is 0 Å². The Morgan fingerprint density at radius 2 is 1.85 bits per heavy atom. The molecule has 5 nitrogen and oxygen atoms in total. The van der Waals surface area contributed by atoms with Gasteiger partial charge in [0.1, 0.15) is 11.6 Å². The first-order chi connectivity index (χ1) is 9.49. The van der Waals surface area contributed by atoms with Gasteiger partial charge in [0.25, 0.3) is 0 Å². The molecule has 0 spiro atoms.